The second-order valence-corrected chi connectivity index (χ2v) is 4.19. The van der Waals surface area contributed by atoms with Crippen LogP contribution < -0.4 is 11.1 Å². The Balaban J connectivity index is 2.27. The summed E-state index contributed by atoms with van der Waals surface area (Å²) in [5, 5.41) is 2.48. The van der Waals surface area contributed by atoms with Gasteiger partial charge >= 0.3 is 0 Å². The zero-order valence-electron chi connectivity index (χ0n) is 9.52. The zero-order valence-corrected chi connectivity index (χ0v) is 10.3. The predicted molar refractivity (Wildman–Crippen MR) is 67.5 cm³/mol. The van der Waals surface area contributed by atoms with E-state index < -0.39 is 17.9 Å². The van der Waals surface area contributed by atoms with Crippen LogP contribution in [0.25, 0.3) is 11.1 Å². The number of amides is 2. The predicted octanol–water partition coefficient (Wildman–Crippen LogP) is 1.09. The summed E-state index contributed by atoms with van der Waals surface area (Å²) in [6, 6.07) is 4.10. The molecular formula is C11H11N3O3S. The largest absolute Gasteiger partial charge is 0.429 e. The van der Waals surface area contributed by atoms with Gasteiger partial charge in [0.1, 0.15) is 6.04 Å². The monoisotopic (exact) mass is 265 g/mol. The molecule has 0 aliphatic carbocycles. The average Bonchev–Trinajstić information content (AvgIpc) is 2.67. The molecule has 4 N–H and O–H groups in total. The number of carbonyl (C=O) groups is 2. The smallest absolute Gasteiger partial charge is 0.266 e. The number of nitrogens with one attached hydrogen (secondary N) is 2. The third kappa shape index (κ3) is 2.40. The Morgan fingerprint density at radius 3 is 2.89 bits per heavy atom. The Bertz CT molecular complexity index is 673. The molecule has 7 heteroatoms. The van der Waals surface area contributed by atoms with Crippen molar-refractivity contribution in [1.29, 1.82) is 0 Å². The van der Waals surface area contributed by atoms with E-state index in [1.165, 1.54) is 6.92 Å². The summed E-state index contributed by atoms with van der Waals surface area (Å²) in [5.41, 5.74) is 6.63. The number of H-pyrrole nitrogens is 1. The number of nitrogens with two attached hydrogens (primary N) is 1. The normalized spacial score (nSPS) is 12.3. The molecule has 0 fully saturated rings. The number of primary amides is 1. The number of benzene rings is 1. The van der Waals surface area contributed by atoms with E-state index in [1.807, 2.05) is 0 Å². The van der Waals surface area contributed by atoms with Crippen LogP contribution in [0.4, 0.5) is 0 Å². The maximum atomic E-state index is 11.8. The molecule has 2 aromatic rings. The van der Waals surface area contributed by atoms with Crippen molar-refractivity contribution in [3.05, 3.63) is 28.6 Å². The van der Waals surface area contributed by atoms with Gasteiger partial charge in [-0.3, -0.25) is 9.59 Å². The molecule has 0 saturated carbocycles. The lowest BCUT2D eigenvalue weighted by Crippen LogP contribution is -2.42. The van der Waals surface area contributed by atoms with E-state index >= 15 is 0 Å². The van der Waals surface area contributed by atoms with Crippen molar-refractivity contribution in [2.75, 3.05) is 0 Å². The number of hydrogen-bond donors (Lipinski definition) is 3. The van der Waals surface area contributed by atoms with Crippen LogP contribution in [0.1, 0.15) is 17.3 Å². The summed E-state index contributed by atoms with van der Waals surface area (Å²) >= 11 is 4.84. The van der Waals surface area contributed by atoms with E-state index in [-0.39, 0.29) is 4.84 Å². The summed E-state index contributed by atoms with van der Waals surface area (Å²) in [7, 11) is 0. The van der Waals surface area contributed by atoms with Gasteiger partial charge in [-0.1, -0.05) is 0 Å². The zero-order chi connectivity index (χ0) is 13.3. The number of aromatic amines is 1. The van der Waals surface area contributed by atoms with Crippen molar-refractivity contribution in [2.45, 2.75) is 13.0 Å². The van der Waals surface area contributed by atoms with Gasteiger partial charge in [0.2, 0.25) is 5.91 Å². The second-order valence-electron chi connectivity index (χ2n) is 3.82. The molecule has 0 aliphatic heterocycles. The minimum atomic E-state index is -0.731. The first kappa shape index (κ1) is 12.3. The first-order valence-electron chi connectivity index (χ1n) is 5.20. The number of fused-ring (bicyclic) bond motifs is 1. The number of oxazole rings is 1. The molecule has 2 rings (SSSR count). The fourth-order valence-corrected chi connectivity index (χ4v) is 1.64. The lowest BCUT2D eigenvalue weighted by atomic mass is 10.2. The van der Waals surface area contributed by atoms with Crippen molar-refractivity contribution in [3.8, 4) is 0 Å². The van der Waals surface area contributed by atoms with Crippen LogP contribution in [-0.2, 0) is 4.79 Å². The Labute approximate surface area is 107 Å². The molecule has 1 aromatic heterocycles. The minimum absolute atomic E-state index is 0.244. The fourth-order valence-electron chi connectivity index (χ4n) is 1.44. The standard InChI is InChI=1S/C11H11N3O3S/c1-5(9(12)15)13-10(16)6-2-3-7-8(4-6)17-11(18)14-7/h2-5H,1H3,(H2,12,15)(H,13,16)(H,14,18)/t5-/m1/s1. The van der Waals surface area contributed by atoms with Gasteiger partial charge in [0.05, 0.1) is 5.52 Å². The van der Waals surface area contributed by atoms with Crippen LogP contribution in [-0.4, -0.2) is 22.8 Å². The Kier molecular flexibility index (Phi) is 3.15. The van der Waals surface area contributed by atoms with Crippen molar-refractivity contribution in [3.63, 3.8) is 0 Å². The van der Waals surface area contributed by atoms with E-state index in [0.717, 1.165) is 0 Å². The van der Waals surface area contributed by atoms with Crippen molar-refractivity contribution >= 4 is 35.1 Å². The molecule has 18 heavy (non-hydrogen) atoms. The molecule has 0 aliphatic rings. The highest BCUT2D eigenvalue weighted by Crippen LogP contribution is 2.15. The summed E-state index contributed by atoms with van der Waals surface area (Å²) in [6.07, 6.45) is 0. The van der Waals surface area contributed by atoms with Crippen LogP contribution in [0, 0.1) is 4.84 Å². The quantitative estimate of drug-likeness (QED) is 0.723. The molecule has 6 nitrogen and oxygen atoms in total. The van der Waals surface area contributed by atoms with E-state index in [9.17, 15) is 9.59 Å². The van der Waals surface area contributed by atoms with Gasteiger partial charge in [0.15, 0.2) is 5.58 Å². The molecular weight excluding hydrogens is 254 g/mol. The molecule has 2 amide bonds. The molecule has 1 heterocycles. The summed E-state index contributed by atoms with van der Waals surface area (Å²) in [5.74, 6) is -0.992. The summed E-state index contributed by atoms with van der Waals surface area (Å²) in [6.45, 7) is 1.51. The summed E-state index contributed by atoms with van der Waals surface area (Å²) in [4.78, 5) is 25.7. The highest BCUT2D eigenvalue weighted by atomic mass is 32.1. The molecule has 0 saturated heterocycles. The number of aromatic nitrogens is 1. The van der Waals surface area contributed by atoms with E-state index in [0.29, 0.717) is 16.7 Å². The lowest BCUT2D eigenvalue weighted by Gasteiger charge is -2.09. The molecule has 0 radical (unpaired) electrons. The van der Waals surface area contributed by atoms with Crippen molar-refractivity contribution < 1.29 is 14.0 Å². The Hall–Kier alpha value is -2.15. The average molecular weight is 265 g/mol. The fraction of sp³-hybridized carbons (Fsp3) is 0.182. The first-order chi connectivity index (χ1) is 8.47. The molecule has 0 unspecified atom stereocenters. The maximum absolute atomic E-state index is 11.8. The Morgan fingerprint density at radius 2 is 2.22 bits per heavy atom. The Morgan fingerprint density at radius 1 is 1.50 bits per heavy atom. The molecule has 94 valence electrons. The molecule has 0 spiro atoms. The summed E-state index contributed by atoms with van der Waals surface area (Å²) < 4.78 is 5.20. The molecule has 0 bridgehead atoms. The van der Waals surface area contributed by atoms with E-state index in [4.69, 9.17) is 22.4 Å². The topological polar surface area (TPSA) is 101 Å². The number of carbonyl (C=O) groups excluding carboxylic acids is 2. The molecule has 1 atom stereocenters. The van der Waals surface area contributed by atoms with Crippen LogP contribution in [0.3, 0.4) is 0 Å². The van der Waals surface area contributed by atoms with Crippen LogP contribution in [0.5, 0.6) is 0 Å². The lowest BCUT2D eigenvalue weighted by molar-refractivity contribution is -0.119. The number of hydrogen-bond acceptors (Lipinski definition) is 4. The SMILES string of the molecule is C[C@@H](NC(=O)c1ccc2[nH]c(=S)oc2c1)C(N)=O. The highest BCUT2D eigenvalue weighted by Gasteiger charge is 2.14. The van der Waals surface area contributed by atoms with Gasteiger partial charge in [-0.25, -0.2) is 0 Å². The molecule has 1 aromatic carbocycles. The maximum Gasteiger partial charge on any atom is 0.266 e. The van der Waals surface area contributed by atoms with Gasteiger partial charge in [-0.05, 0) is 37.3 Å². The van der Waals surface area contributed by atoms with E-state index in [2.05, 4.69) is 10.3 Å². The van der Waals surface area contributed by atoms with Crippen molar-refractivity contribution in [1.82, 2.24) is 10.3 Å². The van der Waals surface area contributed by atoms with Crippen LogP contribution >= 0.6 is 12.2 Å². The van der Waals surface area contributed by atoms with Gasteiger partial charge in [-0.2, -0.15) is 0 Å². The van der Waals surface area contributed by atoms with Gasteiger partial charge in [0, 0.05) is 5.56 Å². The van der Waals surface area contributed by atoms with Gasteiger partial charge in [0.25, 0.3) is 10.7 Å². The van der Waals surface area contributed by atoms with Crippen molar-refractivity contribution in [2.24, 2.45) is 5.73 Å². The first-order valence-corrected chi connectivity index (χ1v) is 5.61. The van der Waals surface area contributed by atoms with Gasteiger partial charge < -0.3 is 20.5 Å². The number of rotatable bonds is 3. The van der Waals surface area contributed by atoms with E-state index in [1.54, 1.807) is 18.2 Å². The van der Waals surface area contributed by atoms with Crippen LogP contribution in [0.2, 0.25) is 0 Å². The highest BCUT2D eigenvalue weighted by molar-refractivity contribution is 7.71. The van der Waals surface area contributed by atoms with Gasteiger partial charge in [-0.15, -0.1) is 0 Å². The third-order valence-electron chi connectivity index (χ3n) is 2.46. The second kappa shape index (κ2) is 4.61. The third-order valence-corrected chi connectivity index (χ3v) is 2.64. The minimum Gasteiger partial charge on any atom is -0.429 e. The van der Waals surface area contributed by atoms with Crippen LogP contribution in [0.15, 0.2) is 22.6 Å².